The maximum Gasteiger partial charge on any atom is 0.407 e. The molecule has 0 saturated carbocycles. The molecule has 0 spiro atoms. The van der Waals surface area contributed by atoms with Crippen LogP contribution in [0.3, 0.4) is 0 Å². The predicted molar refractivity (Wildman–Crippen MR) is 63.5 cm³/mol. The van der Waals surface area contributed by atoms with Crippen molar-refractivity contribution in [2.24, 2.45) is 0 Å². The number of hydrogen-bond donors (Lipinski definition) is 1. The first-order chi connectivity index (χ1) is 8.62. The number of aromatic nitrogens is 1. The molecule has 106 valence electrons. The van der Waals surface area contributed by atoms with Gasteiger partial charge in [-0.15, -0.1) is 0 Å². The highest BCUT2D eigenvalue weighted by Crippen LogP contribution is 2.23. The van der Waals surface area contributed by atoms with Crippen LogP contribution in [0, 0.1) is 5.21 Å². The number of amides is 1. The van der Waals surface area contributed by atoms with Gasteiger partial charge in [-0.3, -0.25) is 0 Å². The summed E-state index contributed by atoms with van der Waals surface area (Å²) in [6, 6.07) is 3.67. The molecule has 0 unspecified atom stereocenters. The van der Waals surface area contributed by atoms with Crippen molar-refractivity contribution in [1.29, 1.82) is 0 Å². The number of carbonyl (C=O) groups excluding carboxylic acids is 1. The third kappa shape index (κ3) is 4.69. The Morgan fingerprint density at radius 1 is 1.42 bits per heavy atom. The van der Waals surface area contributed by atoms with Crippen molar-refractivity contribution >= 4 is 6.09 Å². The molecule has 0 bridgehead atoms. The number of alkyl halides is 2. The number of nitrogens with zero attached hydrogens (tertiary/aromatic N) is 1. The van der Waals surface area contributed by atoms with Crippen LogP contribution in [0.1, 0.15) is 26.5 Å². The first-order valence-electron chi connectivity index (χ1n) is 5.65. The summed E-state index contributed by atoms with van der Waals surface area (Å²) < 4.78 is 32.3. The molecule has 0 atom stereocenters. The van der Waals surface area contributed by atoms with E-state index in [0.717, 1.165) is 12.3 Å². The van der Waals surface area contributed by atoms with Crippen LogP contribution in [-0.2, 0) is 10.7 Å². The molecule has 5 nitrogen and oxygen atoms in total. The smallest absolute Gasteiger partial charge is 0.407 e. The van der Waals surface area contributed by atoms with Gasteiger partial charge in [0.05, 0.1) is 6.54 Å². The van der Waals surface area contributed by atoms with Crippen LogP contribution in [0.25, 0.3) is 0 Å². The van der Waals surface area contributed by atoms with Crippen molar-refractivity contribution in [3.8, 4) is 0 Å². The maximum absolute atomic E-state index is 13.7. The maximum atomic E-state index is 13.7. The summed E-state index contributed by atoms with van der Waals surface area (Å²) in [7, 11) is 0. The van der Waals surface area contributed by atoms with Crippen molar-refractivity contribution in [2.75, 3.05) is 6.54 Å². The second kappa shape index (κ2) is 5.38. The van der Waals surface area contributed by atoms with Crippen molar-refractivity contribution in [3.05, 3.63) is 35.3 Å². The first kappa shape index (κ1) is 15.1. The Bertz CT molecular complexity index is 459. The fourth-order valence-corrected chi connectivity index (χ4v) is 1.30. The van der Waals surface area contributed by atoms with Gasteiger partial charge in [0.25, 0.3) is 5.69 Å². The zero-order valence-corrected chi connectivity index (χ0v) is 10.9. The Balaban J connectivity index is 2.66. The molecule has 0 radical (unpaired) electrons. The number of halogens is 2. The second-order valence-electron chi connectivity index (χ2n) is 4.97. The molecule has 1 N–H and O–H groups in total. The van der Waals surface area contributed by atoms with Gasteiger partial charge >= 0.3 is 12.0 Å². The second-order valence-corrected chi connectivity index (χ2v) is 4.97. The van der Waals surface area contributed by atoms with E-state index in [-0.39, 0.29) is 4.73 Å². The van der Waals surface area contributed by atoms with Crippen LogP contribution in [-0.4, -0.2) is 18.2 Å². The number of carbonyl (C=O) groups is 1. The molecule has 1 aromatic heterocycles. The zero-order chi connectivity index (χ0) is 14.7. The Kier molecular flexibility index (Phi) is 4.28. The number of nitrogens with one attached hydrogen (secondary N) is 1. The average Bonchev–Trinajstić information content (AvgIpc) is 2.24. The van der Waals surface area contributed by atoms with E-state index in [1.807, 2.05) is 5.32 Å². The van der Waals surface area contributed by atoms with E-state index in [1.54, 1.807) is 20.8 Å². The molecule has 0 aliphatic carbocycles. The van der Waals surface area contributed by atoms with Gasteiger partial charge in [0.1, 0.15) is 5.60 Å². The molecule has 7 heteroatoms. The lowest BCUT2D eigenvalue weighted by atomic mass is 10.2. The summed E-state index contributed by atoms with van der Waals surface area (Å²) in [5, 5.41) is 13.2. The van der Waals surface area contributed by atoms with E-state index in [0.29, 0.717) is 0 Å². The lowest BCUT2D eigenvalue weighted by Gasteiger charge is -2.21. The topological polar surface area (TPSA) is 65.3 Å². The summed E-state index contributed by atoms with van der Waals surface area (Å²) in [6.07, 6.45) is 0.0111. The molecular weight excluding hydrogens is 258 g/mol. The van der Waals surface area contributed by atoms with Crippen molar-refractivity contribution in [3.63, 3.8) is 0 Å². The van der Waals surface area contributed by atoms with Crippen LogP contribution in [0.15, 0.2) is 24.4 Å². The highest BCUT2D eigenvalue weighted by Gasteiger charge is 2.40. The van der Waals surface area contributed by atoms with Gasteiger partial charge < -0.3 is 15.3 Å². The first-order valence-corrected chi connectivity index (χ1v) is 5.65. The minimum Gasteiger partial charge on any atom is -0.618 e. The monoisotopic (exact) mass is 274 g/mol. The quantitative estimate of drug-likeness (QED) is 0.676. The average molecular weight is 274 g/mol. The van der Waals surface area contributed by atoms with Crippen LogP contribution in [0.5, 0.6) is 0 Å². The van der Waals surface area contributed by atoms with Gasteiger partial charge in [-0.25, -0.2) is 4.79 Å². The molecule has 0 aliphatic rings. The van der Waals surface area contributed by atoms with E-state index in [4.69, 9.17) is 4.74 Å². The number of pyridine rings is 1. The largest absolute Gasteiger partial charge is 0.618 e. The van der Waals surface area contributed by atoms with E-state index in [9.17, 15) is 18.8 Å². The van der Waals surface area contributed by atoms with E-state index >= 15 is 0 Å². The molecule has 0 fully saturated rings. The molecule has 1 amide bonds. The molecule has 1 heterocycles. The highest BCUT2D eigenvalue weighted by atomic mass is 19.3. The molecular formula is C12H16F2N2O3. The van der Waals surface area contributed by atoms with E-state index < -0.39 is 29.9 Å². The molecule has 19 heavy (non-hydrogen) atoms. The van der Waals surface area contributed by atoms with E-state index in [2.05, 4.69) is 0 Å². The third-order valence-electron chi connectivity index (χ3n) is 2.05. The molecule has 1 rings (SSSR count). The van der Waals surface area contributed by atoms with Gasteiger partial charge in [0.15, 0.2) is 6.20 Å². The fourth-order valence-electron chi connectivity index (χ4n) is 1.30. The Labute approximate surface area is 109 Å². The standard InChI is InChI=1S/C12H16F2N2O3/c1-11(2,3)19-10(17)15-8-12(13,14)9-6-4-5-7-16(9)18/h4-7H,8H2,1-3H3,(H,15,17). The predicted octanol–water partition coefficient (Wildman–Crippen LogP) is 1.94. The summed E-state index contributed by atoms with van der Waals surface area (Å²) in [5.74, 6) is -3.47. The van der Waals surface area contributed by atoms with Crippen molar-refractivity contribution in [2.45, 2.75) is 32.3 Å². The Morgan fingerprint density at radius 2 is 2.05 bits per heavy atom. The molecule has 1 aromatic rings. The highest BCUT2D eigenvalue weighted by molar-refractivity contribution is 5.67. The molecule has 0 saturated heterocycles. The minimum atomic E-state index is -3.47. The minimum absolute atomic E-state index is 0.0662. The number of ether oxygens (including phenoxy) is 1. The molecule has 0 aromatic carbocycles. The van der Waals surface area contributed by atoms with Gasteiger partial charge in [0.2, 0.25) is 0 Å². The zero-order valence-electron chi connectivity index (χ0n) is 10.9. The van der Waals surface area contributed by atoms with Crippen LogP contribution < -0.4 is 10.0 Å². The summed E-state index contributed by atoms with van der Waals surface area (Å²) in [5.41, 5.74) is -1.50. The summed E-state index contributed by atoms with van der Waals surface area (Å²) in [4.78, 5) is 11.3. The number of rotatable bonds is 3. The Hall–Kier alpha value is -1.92. The lowest BCUT2D eigenvalue weighted by Crippen LogP contribution is -2.44. The molecule has 0 aliphatic heterocycles. The van der Waals surface area contributed by atoms with Crippen LogP contribution in [0.2, 0.25) is 0 Å². The van der Waals surface area contributed by atoms with Crippen molar-refractivity contribution < 1.29 is 23.0 Å². The van der Waals surface area contributed by atoms with Gasteiger partial charge in [0, 0.05) is 12.1 Å². The normalized spacial score (nSPS) is 12.1. The van der Waals surface area contributed by atoms with Gasteiger partial charge in [-0.05, 0) is 26.8 Å². The SMILES string of the molecule is CC(C)(C)OC(=O)NCC(F)(F)c1cccc[n+]1[O-]. The van der Waals surface area contributed by atoms with Crippen LogP contribution in [0.4, 0.5) is 13.6 Å². The summed E-state index contributed by atoms with van der Waals surface area (Å²) in [6.45, 7) is 3.85. The fraction of sp³-hybridized carbons (Fsp3) is 0.500. The lowest BCUT2D eigenvalue weighted by molar-refractivity contribution is -0.624. The van der Waals surface area contributed by atoms with Crippen LogP contribution >= 0.6 is 0 Å². The van der Waals surface area contributed by atoms with Gasteiger partial charge in [-0.2, -0.15) is 13.5 Å². The van der Waals surface area contributed by atoms with E-state index in [1.165, 1.54) is 12.1 Å². The Morgan fingerprint density at radius 3 is 2.58 bits per heavy atom. The number of hydrogen-bond acceptors (Lipinski definition) is 3. The third-order valence-corrected chi connectivity index (χ3v) is 2.05. The van der Waals surface area contributed by atoms with Crippen molar-refractivity contribution in [1.82, 2.24) is 5.32 Å². The number of alkyl carbamates (subject to hydrolysis) is 1. The van der Waals surface area contributed by atoms with Gasteiger partial charge in [-0.1, -0.05) is 0 Å². The summed E-state index contributed by atoms with van der Waals surface area (Å²) >= 11 is 0.